The molecule has 0 aliphatic carbocycles. The highest BCUT2D eigenvalue weighted by Crippen LogP contribution is 2.31. The molecule has 0 radical (unpaired) electrons. The van der Waals surface area contributed by atoms with Crippen molar-refractivity contribution in [3.05, 3.63) is 84.1 Å². The van der Waals surface area contributed by atoms with Crippen molar-refractivity contribution >= 4 is 44.1 Å². The number of ether oxygens (including phenoxy) is 1. The van der Waals surface area contributed by atoms with Crippen LogP contribution in [-0.2, 0) is 11.3 Å². The monoisotopic (exact) mass is 414 g/mol. The highest BCUT2D eigenvalue weighted by Gasteiger charge is 2.20. The van der Waals surface area contributed by atoms with Crippen molar-refractivity contribution in [3.8, 4) is 10.6 Å². The first-order chi connectivity index (χ1) is 14.7. The minimum absolute atomic E-state index is 0.272. The summed E-state index contributed by atoms with van der Waals surface area (Å²) in [6.45, 7) is 0.302. The maximum atomic E-state index is 12.9. The topological polar surface area (TPSA) is 64.4 Å². The predicted octanol–water partition coefficient (Wildman–Crippen LogP) is 6.11. The van der Waals surface area contributed by atoms with Gasteiger partial charge in [0.2, 0.25) is 0 Å². The lowest BCUT2D eigenvalue weighted by molar-refractivity contribution is 0.0992. The molecular weight excluding hydrogens is 396 g/mol. The molecule has 0 saturated heterocycles. The van der Waals surface area contributed by atoms with Gasteiger partial charge in [-0.3, -0.25) is 4.79 Å². The Morgan fingerprint density at radius 3 is 2.60 bits per heavy atom. The van der Waals surface area contributed by atoms with Crippen molar-refractivity contribution in [2.24, 2.45) is 0 Å². The van der Waals surface area contributed by atoms with Crippen molar-refractivity contribution in [2.45, 2.75) is 6.61 Å². The van der Waals surface area contributed by atoms with Crippen molar-refractivity contribution in [3.63, 3.8) is 0 Å². The molecule has 5 rings (SSSR count). The van der Waals surface area contributed by atoms with Gasteiger partial charge in [0.1, 0.15) is 10.6 Å². The van der Waals surface area contributed by atoms with E-state index in [9.17, 15) is 4.79 Å². The van der Waals surface area contributed by atoms with Crippen molar-refractivity contribution < 1.29 is 13.9 Å². The van der Waals surface area contributed by atoms with Crippen LogP contribution >= 0.6 is 11.3 Å². The molecule has 2 aromatic heterocycles. The molecule has 5 nitrogen and oxygen atoms in total. The van der Waals surface area contributed by atoms with Crippen LogP contribution in [0, 0.1) is 0 Å². The van der Waals surface area contributed by atoms with Gasteiger partial charge in [0, 0.05) is 29.3 Å². The Kier molecular flexibility index (Phi) is 4.78. The van der Waals surface area contributed by atoms with E-state index in [1.807, 2.05) is 66.7 Å². The van der Waals surface area contributed by atoms with Crippen LogP contribution in [0.4, 0.5) is 5.69 Å². The molecule has 0 atom stereocenters. The summed E-state index contributed by atoms with van der Waals surface area (Å²) in [6, 6.07) is 23.3. The summed E-state index contributed by atoms with van der Waals surface area (Å²) in [5, 5.41) is 4.76. The van der Waals surface area contributed by atoms with E-state index >= 15 is 0 Å². The third-order valence-corrected chi connectivity index (χ3v) is 5.96. The summed E-state index contributed by atoms with van der Waals surface area (Å²) in [7, 11) is 1.60. The van der Waals surface area contributed by atoms with Crippen LogP contribution in [0.5, 0.6) is 0 Å². The zero-order valence-corrected chi connectivity index (χ0v) is 17.0. The second-order valence-corrected chi connectivity index (χ2v) is 7.89. The second-order valence-electron chi connectivity index (χ2n) is 6.86. The third kappa shape index (κ3) is 3.36. The number of anilines is 1. The minimum atomic E-state index is -0.300. The lowest BCUT2D eigenvalue weighted by Gasteiger charge is -2.06. The van der Waals surface area contributed by atoms with Gasteiger partial charge in [-0.25, -0.2) is 4.98 Å². The Hall–Kier alpha value is -3.48. The number of nitrogens with one attached hydrogen (secondary N) is 1. The first kappa shape index (κ1) is 18.5. The zero-order chi connectivity index (χ0) is 20.5. The number of rotatable bonds is 5. The highest BCUT2D eigenvalue weighted by atomic mass is 32.1. The predicted molar refractivity (Wildman–Crippen MR) is 120 cm³/mol. The Morgan fingerprint density at radius 2 is 1.80 bits per heavy atom. The van der Waals surface area contributed by atoms with Crippen LogP contribution in [-0.4, -0.2) is 18.0 Å². The smallest absolute Gasteiger partial charge is 0.291 e. The van der Waals surface area contributed by atoms with Crippen molar-refractivity contribution in [2.75, 3.05) is 12.4 Å². The molecule has 30 heavy (non-hydrogen) atoms. The molecule has 1 amide bonds. The molecule has 0 aliphatic heterocycles. The van der Waals surface area contributed by atoms with Gasteiger partial charge in [0.15, 0.2) is 5.76 Å². The minimum Gasteiger partial charge on any atom is -0.451 e. The molecule has 2 heterocycles. The average molecular weight is 414 g/mol. The summed E-state index contributed by atoms with van der Waals surface area (Å²) in [5.41, 5.74) is 4.11. The molecule has 0 bridgehead atoms. The summed E-state index contributed by atoms with van der Waals surface area (Å²) >= 11 is 1.65. The van der Waals surface area contributed by atoms with Gasteiger partial charge >= 0.3 is 0 Å². The van der Waals surface area contributed by atoms with Gasteiger partial charge in [-0.2, -0.15) is 0 Å². The van der Waals surface area contributed by atoms with Crippen LogP contribution in [0.25, 0.3) is 31.8 Å². The van der Waals surface area contributed by atoms with E-state index in [1.54, 1.807) is 18.4 Å². The number of furan rings is 1. The normalized spacial score (nSPS) is 11.2. The lowest BCUT2D eigenvalue weighted by Crippen LogP contribution is -2.13. The highest BCUT2D eigenvalue weighted by molar-refractivity contribution is 7.21. The van der Waals surface area contributed by atoms with Crippen molar-refractivity contribution in [1.82, 2.24) is 4.98 Å². The van der Waals surface area contributed by atoms with E-state index in [1.165, 1.54) is 0 Å². The summed E-state index contributed by atoms with van der Waals surface area (Å²) in [6.07, 6.45) is 0. The van der Waals surface area contributed by atoms with Crippen molar-refractivity contribution in [1.29, 1.82) is 0 Å². The van der Waals surface area contributed by atoms with Gasteiger partial charge in [-0.1, -0.05) is 30.3 Å². The molecular formula is C24H18N2O3S. The van der Waals surface area contributed by atoms with Crippen LogP contribution in [0.15, 0.2) is 77.2 Å². The first-order valence-electron chi connectivity index (χ1n) is 9.49. The number of thiazole rings is 1. The Labute approximate surface area is 176 Å². The number of benzene rings is 3. The fourth-order valence-electron chi connectivity index (χ4n) is 3.45. The number of carbonyl (C=O) groups excluding carboxylic acids is 1. The van der Waals surface area contributed by atoms with Gasteiger partial charge in [-0.05, 0) is 42.5 Å². The fraction of sp³-hybridized carbons (Fsp3) is 0.0833. The molecule has 0 unspecified atom stereocenters. The van der Waals surface area contributed by atoms with Gasteiger partial charge in [0.05, 0.1) is 16.8 Å². The largest absolute Gasteiger partial charge is 0.451 e. The number of fused-ring (bicyclic) bond motifs is 2. The average Bonchev–Trinajstić information content (AvgIpc) is 3.37. The van der Waals surface area contributed by atoms with E-state index in [0.717, 1.165) is 31.7 Å². The standard InChI is InChI=1S/C24H18N2O3S/c1-28-14-18-17-6-2-4-8-20(17)29-22(18)23(27)25-16-12-10-15(11-13-16)24-26-19-7-3-5-9-21(19)30-24/h2-13H,14H2,1H3,(H,25,27). The maximum absolute atomic E-state index is 12.9. The molecule has 0 spiro atoms. The summed E-state index contributed by atoms with van der Waals surface area (Å²) < 4.78 is 12.2. The quantitative estimate of drug-likeness (QED) is 0.377. The van der Waals surface area contributed by atoms with E-state index in [2.05, 4.69) is 16.4 Å². The summed E-state index contributed by atoms with van der Waals surface area (Å²) in [5.74, 6) is -0.0284. The number of aromatic nitrogens is 1. The molecule has 0 aliphatic rings. The van der Waals surface area contributed by atoms with E-state index in [0.29, 0.717) is 17.9 Å². The Balaban J connectivity index is 1.40. The molecule has 6 heteroatoms. The second kappa shape index (κ2) is 7.74. The Bertz CT molecular complexity index is 1320. The number of methoxy groups -OCH3 is 1. The van der Waals surface area contributed by atoms with E-state index in [-0.39, 0.29) is 11.7 Å². The van der Waals surface area contributed by atoms with E-state index < -0.39 is 0 Å². The van der Waals surface area contributed by atoms with Gasteiger partial charge in [0.25, 0.3) is 5.91 Å². The molecule has 0 saturated carbocycles. The molecule has 5 aromatic rings. The number of carbonyl (C=O) groups is 1. The number of nitrogens with zero attached hydrogens (tertiary/aromatic N) is 1. The number of amides is 1. The van der Waals surface area contributed by atoms with E-state index in [4.69, 9.17) is 9.15 Å². The SMILES string of the molecule is COCc1c(C(=O)Nc2ccc(-c3nc4ccccc4s3)cc2)oc2ccccc12. The molecule has 148 valence electrons. The van der Waals surface area contributed by atoms with Crippen LogP contribution in [0.2, 0.25) is 0 Å². The molecule has 1 N–H and O–H groups in total. The summed E-state index contributed by atoms with van der Waals surface area (Å²) in [4.78, 5) is 17.6. The molecule has 3 aromatic carbocycles. The fourth-order valence-corrected chi connectivity index (χ4v) is 4.42. The number of hydrogen-bond acceptors (Lipinski definition) is 5. The van der Waals surface area contributed by atoms with Crippen LogP contribution in [0.1, 0.15) is 16.1 Å². The van der Waals surface area contributed by atoms with Crippen LogP contribution < -0.4 is 5.32 Å². The lowest BCUT2D eigenvalue weighted by atomic mass is 10.1. The maximum Gasteiger partial charge on any atom is 0.291 e. The number of para-hydroxylation sites is 2. The zero-order valence-electron chi connectivity index (χ0n) is 16.2. The van der Waals surface area contributed by atoms with Gasteiger partial charge < -0.3 is 14.5 Å². The van der Waals surface area contributed by atoms with Crippen LogP contribution in [0.3, 0.4) is 0 Å². The Morgan fingerprint density at radius 1 is 1.03 bits per heavy atom. The molecule has 0 fully saturated rings. The first-order valence-corrected chi connectivity index (χ1v) is 10.3. The van der Waals surface area contributed by atoms with Gasteiger partial charge in [-0.15, -0.1) is 11.3 Å². The number of hydrogen-bond donors (Lipinski definition) is 1. The third-order valence-electron chi connectivity index (χ3n) is 4.88.